The van der Waals surface area contributed by atoms with Gasteiger partial charge in [-0.05, 0) is 90.5 Å². The number of benzene rings is 4. The molecule has 2 heterocycles. The Bertz CT molecular complexity index is 3130. The number of Topliss-reactive ketones (excluding diaryl/α,β-unsaturated/α-hetero) is 5. The molecular formula is C72H98ClN4NaO24. The minimum Gasteiger partial charge on any atom is -0.870 e. The van der Waals surface area contributed by atoms with Crippen LogP contribution in [0.25, 0.3) is 0 Å². The van der Waals surface area contributed by atoms with E-state index in [4.69, 9.17) is 43.6 Å². The molecule has 2 aliphatic rings. The fraction of sp³-hybridized carbons (Fsp3) is 0.444. The Hall–Kier alpha value is -9.19. The van der Waals surface area contributed by atoms with Gasteiger partial charge >= 0.3 is 83.7 Å². The number of carbonyl (C=O) groups is 14. The number of rotatable bonds is 27. The van der Waals surface area contributed by atoms with Crippen LogP contribution in [0.2, 0.25) is 0 Å². The maximum absolute atomic E-state index is 12.0. The number of nitrogens with zero attached hydrogens (tertiary/aromatic N) is 3. The fourth-order valence-electron chi connectivity index (χ4n) is 7.84. The molecule has 2 atom stereocenters. The summed E-state index contributed by atoms with van der Waals surface area (Å²) in [5.74, 6) is -3.95. The summed E-state index contributed by atoms with van der Waals surface area (Å²) < 4.78 is 43.8. The summed E-state index contributed by atoms with van der Waals surface area (Å²) in [7, 11) is 0. The van der Waals surface area contributed by atoms with Gasteiger partial charge in [-0.3, -0.25) is 48.2 Å². The zero-order chi connectivity index (χ0) is 74.3. The topological polar surface area (TPSA) is 388 Å². The number of likely N-dealkylation sites (tertiary alicyclic amines) is 2. The van der Waals surface area contributed by atoms with E-state index in [9.17, 15) is 67.1 Å². The monoisotopic (exact) mass is 1460 g/mol. The Balaban J connectivity index is -0.000000571. The van der Waals surface area contributed by atoms with Crippen molar-refractivity contribution < 1.29 is 145 Å². The fourth-order valence-corrected chi connectivity index (χ4v) is 7.84. The molecule has 3 N–H and O–H groups in total. The molecule has 6 rings (SSSR count). The van der Waals surface area contributed by atoms with Crippen molar-refractivity contribution in [3.63, 3.8) is 0 Å². The van der Waals surface area contributed by atoms with Crippen LogP contribution in [0.15, 0.2) is 134 Å². The predicted molar refractivity (Wildman–Crippen MR) is 370 cm³/mol. The van der Waals surface area contributed by atoms with Gasteiger partial charge < -0.3 is 63.5 Å². The van der Waals surface area contributed by atoms with E-state index in [-0.39, 0.29) is 186 Å². The number of ketones is 5. The molecule has 2 saturated heterocycles. The van der Waals surface area contributed by atoms with Crippen molar-refractivity contribution >= 4 is 95.4 Å². The predicted octanol–water partition coefficient (Wildman–Crippen LogP) is 6.05. The van der Waals surface area contributed by atoms with Crippen molar-refractivity contribution in [2.75, 3.05) is 72.3 Å². The molecule has 0 aliphatic carbocycles. The van der Waals surface area contributed by atoms with E-state index in [1.165, 1.54) is 30.6 Å². The first-order valence-electron chi connectivity index (χ1n) is 32.0. The van der Waals surface area contributed by atoms with E-state index in [1.54, 1.807) is 41.5 Å². The maximum atomic E-state index is 12.0. The largest absolute Gasteiger partial charge is 1.00 e. The van der Waals surface area contributed by atoms with Crippen molar-refractivity contribution in [2.24, 2.45) is 11.7 Å². The van der Waals surface area contributed by atoms with Gasteiger partial charge in [0, 0.05) is 51.9 Å². The second-order valence-corrected chi connectivity index (χ2v) is 20.9. The van der Waals surface area contributed by atoms with Gasteiger partial charge in [0.25, 0.3) is 0 Å². The molecule has 0 saturated carbocycles. The number of halogens is 1. The number of amides is 3. The van der Waals surface area contributed by atoms with Crippen molar-refractivity contribution in [3.8, 4) is 0 Å². The average Bonchev–Trinajstić information content (AvgIpc) is 1.68. The van der Waals surface area contributed by atoms with E-state index in [0.717, 1.165) is 46.1 Å². The molecule has 2 fully saturated rings. The molecule has 30 heteroatoms. The van der Waals surface area contributed by atoms with Crippen molar-refractivity contribution in [1.82, 2.24) is 14.7 Å². The third kappa shape index (κ3) is 48.6. The summed E-state index contributed by atoms with van der Waals surface area (Å²) in [5, 5.41) is 0. The Kier molecular flexibility index (Phi) is 60.0. The second kappa shape index (κ2) is 61.7. The summed E-state index contributed by atoms with van der Waals surface area (Å²) >= 11 is 0. The van der Waals surface area contributed by atoms with E-state index >= 15 is 0 Å². The first kappa shape index (κ1) is 99.2. The molecule has 28 nitrogen and oxygen atoms in total. The number of carbonyl (C=O) groups excluding carboxylic acids is 14. The SMILES string of the molecule is C=CC(=O)OCC.CC(=O)CN.CC(=O)OCc1ccccc1.CCOC(=O)C1C(=O)CCN1C(=O)OCc1ccccc1.CCOC(=O)C1CN(C(=O)OCc2ccccc2)CC1=O.CCOC(=O)CCCCC(C)=O.CCOC(=O)CCN(CC(C)=O)C(=O)OCc1ccccc1.Cl.[Na+].[OH-]. The van der Waals surface area contributed by atoms with Crippen LogP contribution in [-0.4, -0.2) is 182 Å². The molecule has 0 radical (unpaired) electrons. The summed E-state index contributed by atoms with van der Waals surface area (Å²) in [5.41, 5.74) is 8.39. The number of ether oxygens (including phenoxy) is 9. The van der Waals surface area contributed by atoms with Gasteiger partial charge in [-0.25, -0.2) is 24.0 Å². The van der Waals surface area contributed by atoms with E-state index in [2.05, 4.69) is 11.3 Å². The quantitative estimate of drug-likeness (QED) is 0.0177. The van der Waals surface area contributed by atoms with E-state index in [1.807, 2.05) is 121 Å². The van der Waals surface area contributed by atoms with Crippen LogP contribution < -0.4 is 35.3 Å². The molecule has 0 bridgehead atoms. The minimum absolute atomic E-state index is 0. The maximum Gasteiger partial charge on any atom is 1.00 e. The molecule has 2 aliphatic heterocycles. The first-order valence-corrected chi connectivity index (χ1v) is 32.0. The standard InChI is InChI=1S/C16H21NO5.2C15H17NO5.C9H16O3.C9H10O2.C5H8O2.C3H7NO.ClH.Na.H2O/c1-3-21-15(19)9-10-17(11-13(2)18)16(20)22-12-14-7-5-4-6-8-14;1-2-20-14(18)12-8-16(9-13(12)17)15(19)21-10-11-6-4-3-5-7-11;1-2-20-14(18)13-12(17)8-9-16(13)15(19)21-10-11-6-4-3-5-7-11;1-3-12-9(11)7-5-4-6-8(2)10;1-8(10)11-7-9-5-3-2-4-6-9;1-3-5(6)7-4-2;1-3(5)2-4;;;/h4-8H,3,9-12H2,1-2H3;3-7,12H,2,8-10H2,1H3;3-7,13H,2,8-10H2,1H3;3-7H2,1-2H3;2-6H,7H2,1H3;3H,1,4H2,2H3;2,4H2,1H3;1H;;1H2/q;;;;;;;;+1;/p-1. The number of hydrogen-bond acceptors (Lipinski definition) is 25. The zero-order valence-electron chi connectivity index (χ0n) is 60.0. The Morgan fingerprint density at radius 1 is 0.510 bits per heavy atom. The van der Waals surface area contributed by atoms with Crippen LogP contribution in [0.1, 0.15) is 123 Å². The van der Waals surface area contributed by atoms with Gasteiger partial charge in [0.1, 0.15) is 49.7 Å². The molecule has 558 valence electrons. The third-order valence-corrected chi connectivity index (χ3v) is 12.6. The molecule has 0 aromatic heterocycles. The third-order valence-electron chi connectivity index (χ3n) is 12.6. The summed E-state index contributed by atoms with van der Waals surface area (Å²) in [6, 6.07) is 36.1. The summed E-state index contributed by atoms with van der Waals surface area (Å²) in [6.45, 7) is 20.0. The molecule has 3 amide bonds. The van der Waals surface area contributed by atoms with Gasteiger partial charge in [0.2, 0.25) is 0 Å². The zero-order valence-corrected chi connectivity index (χ0v) is 62.8. The normalized spacial score (nSPS) is 12.4. The molecule has 102 heavy (non-hydrogen) atoms. The van der Waals surface area contributed by atoms with Gasteiger partial charge in [-0.15, -0.1) is 12.4 Å². The second-order valence-electron chi connectivity index (χ2n) is 20.9. The Labute approximate surface area is 624 Å². The van der Waals surface area contributed by atoms with Crippen molar-refractivity contribution in [2.45, 2.75) is 133 Å². The van der Waals surface area contributed by atoms with Gasteiger partial charge in [0.15, 0.2) is 17.6 Å². The van der Waals surface area contributed by atoms with Crippen LogP contribution in [-0.2, 0) is 122 Å². The molecule has 4 aromatic carbocycles. The smallest absolute Gasteiger partial charge is 0.870 e. The van der Waals surface area contributed by atoms with Crippen LogP contribution in [0.4, 0.5) is 14.4 Å². The summed E-state index contributed by atoms with van der Waals surface area (Å²) in [4.78, 5) is 160. The number of unbranched alkanes of at least 4 members (excludes halogenated alkanes) is 1. The van der Waals surface area contributed by atoms with Crippen molar-refractivity contribution in [1.29, 1.82) is 0 Å². The van der Waals surface area contributed by atoms with Crippen molar-refractivity contribution in [3.05, 3.63) is 156 Å². The summed E-state index contributed by atoms with van der Waals surface area (Å²) in [6.07, 6.45) is 1.95. The van der Waals surface area contributed by atoms with Crippen LogP contribution in [0.5, 0.6) is 0 Å². The Morgan fingerprint density at radius 2 is 0.912 bits per heavy atom. The van der Waals surface area contributed by atoms with Crippen LogP contribution in [0.3, 0.4) is 0 Å². The molecule has 4 aromatic rings. The van der Waals surface area contributed by atoms with Gasteiger partial charge in [-0.2, -0.15) is 0 Å². The van der Waals surface area contributed by atoms with Gasteiger partial charge in [-0.1, -0.05) is 128 Å². The van der Waals surface area contributed by atoms with E-state index < -0.39 is 48.1 Å². The average molecular weight is 1460 g/mol. The first-order chi connectivity index (χ1) is 47.3. The molecular weight excluding hydrogens is 1360 g/mol. The molecule has 2 unspecified atom stereocenters. The minimum atomic E-state index is -1.17. The van der Waals surface area contributed by atoms with E-state index in [0.29, 0.717) is 32.7 Å². The number of hydrogen-bond donors (Lipinski definition) is 1. The van der Waals surface area contributed by atoms with Crippen LogP contribution >= 0.6 is 12.4 Å². The molecule has 0 spiro atoms. The van der Waals surface area contributed by atoms with Crippen LogP contribution in [0, 0.1) is 5.92 Å². The Morgan fingerprint density at radius 3 is 1.30 bits per heavy atom. The number of nitrogens with two attached hydrogens (primary N) is 1. The van der Waals surface area contributed by atoms with Gasteiger partial charge in [0.05, 0.1) is 59.1 Å². The number of esters is 6.